The number of nitrogens with zero attached hydrogens (tertiary/aromatic N) is 2. The molecule has 0 unspecified atom stereocenters. The first kappa shape index (κ1) is 19.2. The maximum Gasteiger partial charge on any atom is 0.193 e. The van der Waals surface area contributed by atoms with E-state index in [1.807, 2.05) is 0 Å². The van der Waals surface area contributed by atoms with Crippen LogP contribution in [0.15, 0.2) is 4.99 Å². The van der Waals surface area contributed by atoms with Crippen molar-refractivity contribution in [2.45, 2.75) is 46.0 Å². The smallest absolute Gasteiger partial charge is 0.193 e. The van der Waals surface area contributed by atoms with Crippen molar-refractivity contribution in [3.63, 3.8) is 0 Å². The average molecular weight is 313 g/mol. The molecule has 1 rings (SSSR count). The molecular weight excluding hydrogens is 278 g/mol. The first-order chi connectivity index (χ1) is 10.8. The Bertz CT molecular complexity index is 292. The van der Waals surface area contributed by atoms with Gasteiger partial charge in [-0.2, -0.15) is 0 Å². The molecule has 0 amide bonds. The molecule has 5 nitrogen and oxygen atoms in total. The highest BCUT2D eigenvalue weighted by atomic mass is 16.5. The molecular formula is C17H35N3O2. The number of guanidine groups is 1. The summed E-state index contributed by atoms with van der Waals surface area (Å²) in [5.41, 5.74) is 0. The van der Waals surface area contributed by atoms with Crippen molar-refractivity contribution >= 4 is 5.96 Å². The molecule has 5 heteroatoms. The van der Waals surface area contributed by atoms with E-state index in [0.717, 1.165) is 57.8 Å². The third-order valence-electron chi connectivity index (χ3n) is 4.05. The van der Waals surface area contributed by atoms with E-state index in [1.165, 1.54) is 25.7 Å². The maximum absolute atomic E-state index is 5.57. The highest BCUT2D eigenvalue weighted by molar-refractivity contribution is 5.79. The van der Waals surface area contributed by atoms with Crippen molar-refractivity contribution in [3.05, 3.63) is 0 Å². The summed E-state index contributed by atoms with van der Waals surface area (Å²) in [7, 11) is 2.12. The van der Waals surface area contributed by atoms with Crippen LogP contribution in [0, 0.1) is 5.92 Å². The van der Waals surface area contributed by atoms with Crippen LogP contribution in [0.4, 0.5) is 0 Å². The molecule has 0 spiro atoms. The van der Waals surface area contributed by atoms with E-state index in [2.05, 4.69) is 36.1 Å². The lowest BCUT2D eigenvalue weighted by Gasteiger charge is -2.26. The second-order valence-corrected chi connectivity index (χ2v) is 5.97. The van der Waals surface area contributed by atoms with Crippen molar-refractivity contribution in [1.82, 2.24) is 10.2 Å². The zero-order valence-electron chi connectivity index (χ0n) is 14.8. The summed E-state index contributed by atoms with van der Waals surface area (Å²) in [6.45, 7) is 10.4. The second kappa shape index (κ2) is 12.7. The Balaban J connectivity index is 2.26. The fourth-order valence-corrected chi connectivity index (χ4v) is 2.55. The molecule has 22 heavy (non-hydrogen) atoms. The Labute approximate surface area is 136 Å². The largest absolute Gasteiger partial charge is 0.381 e. The number of rotatable bonds is 10. The van der Waals surface area contributed by atoms with E-state index in [4.69, 9.17) is 9.47 Å². The average Bonchev–Trinajstić information content (AvgIpc) is 2.55. The van der Waals surface area contributed by atoms with Crippen LogP contribution >= 0.6 is 0 Å². The summed E-state index contributed by atoms with van der Waals surface area (Å²) in [5, 5.41) is 3.37. The Hall–Kier alpha value is -0.810. The molecule has 0 saturated carbocycles. The van der Waals surface area contributed by atoms with Gasteiger partial charge in [-0.15, -0.1) is 0 Å². The molecule has 0 aromatic rings. The molecule has 0 aromatic heterocycles. The van der Waals surface area contributed by atoms with Crippen molar-refractivity contribution in [2.24, 2.45) is 10.9 Å². The number of nitrogens with one attached hydrogen (secondary N) is 1. The summed E-state index contributed by atoms with van der Waals surface area (Å²) in [4.78, 5) is 6.90. The number of ether oxygens (including phenoxy) is 2. The van der Waals surface area contributed by atoms with E-state index >= 15 is 0 Å². The van der Waals surface area contributed by atoms with E-state index in [9.17, 15) is 0 Å². The summed E-state index contributed by atoms with van der Waals surface area (Å²) < 4.78 is 11.0. The molecule has 1 heterocycles. The number of hydrogen-bond acceptors (Lipinski definition) is 3. The summed E-state index contributed by atoms with van der Waals surface area (Å²) in [6, 6.07) is 0. The van der Waals surface area contributed by atoms with E-state index < -0.39 is 0 Å². The quantitative estimate of drug-likeness (QED) is 0.382. The molecule has 0 aliphatic carbocycles. The topological polar surface area (TPSA) is 46.1 Å². The van der Waals surface area contributed by atoms with Crippen molar-refractivity contribution in [2.75, 3.05) is 53.1 Å². The van der Waals surface area contributed by atoms with E-state index in [0.29, 0.717) is 6.61 Å². The molecule has 0 radical (unpaired) electrons. The van der Waals surface area contributed by atoms with E-state index in [1.54, 1.807) is 0 Å². The van der Waals surface area contributed by atoms with Gasteiger partial charge in [-0.05, 0) is 38.5 Å². The number of unbranched alkanes of at least 4 members (excludes halogenated alkanes) is 1. The second-order valence-electron chi connectivity index (χ2n) is 5.97. The lowest BCUT2D eigenvalue weighted by molar-refractivity contribution is 0.0625. The highest BCUT2D eigenvalue weighted by Gasteiger charge is 2.15. The molecule has 1 saturated heterocycles. The minimum absolute atomic E-state index is 0.711. The van der Waals surface area contributed by atoms with E-state index in [-0.39, 0.29) is 0 Å². The van der Waals surface area contributed by atoms with Gasteiger partial charge in [0, 0.05) is 40.0 Å². The van der Waals surface area contributed by atoms with Crippen molar-refractivity contribution in [1.29, 1.82) is 0 Å². The van der Waals surface area contributed by atoms with Gasteiger partial charge in [0.2, 0.25) is 0 Å². The highest BCUT2D eigenvalue weighted by Crippen LogP contribution is 2.18. The fourth-order valence-electron chi connectivity index (χ4n) is 2.55. The normalized spacial score (nSPS) is 16.8. The van der Waals surface area contributed by atoms with Crippen LogP contribution in [0.5, 0.6) is 0 Å². The Morgan fingerprint density at radius 2 is 2.05 bits per heavy atom. The van der Waals surface area contributed by atoms with Crippen LogP contribution in [0.2, 0.25) is 0 Å². The van der Waals surface area contributed by atoms with Crippen LogP contribution in [0.25, 0.3) is 0 Å². The summed E-state index contributed by atoms with van der Waals surface area (Å²) >= 11 is 0. The zero-order chi connectivity index (χ0) is 16.0. The minimum Gasteiger partial charge on any atom is -0.381 e. The van der Waals surface area contributed by atoms with Gasteiger partial charge >= 0.3 is 0 Å². The molecule has 1 aliphatic rings. The van der Waals surface area contributed by atoms with Gasteiger partial charge in [-0.1, -0.05) is 13.3 Å². The van der Waals surface area contributed by atoms with Crippen molar-refractivity contribution < 1.29 is 9.47 Å². The maximum atomic E-state index is 5.57. The molecule has 0 atom stereocenters. The SMILES string of the molecule is CCCCOCCN=C(NCC)N(C)CCC1CCOCC1. The first-order valence-electron chi connectivity index (χ1n) is 8.92. The first-order valence-corrected chi connectivity index (χ1v) is 8.92. The standard InChI is InChI=1S/C17H35N3O2/c1-4-6-12-21-15-10-19-17(18-5-2)20(3)11-7-16-8-13-22-14-9-16/h16H,4-15H2,1-3H3,(H,18,19). The van der Waals surface area contributed by atoms with Gasteiger partial charge in [0.05, 0.1) is 13.2 Å². The third-order valence-corrected chi connectivity index (χ3v) is 4.05. The van der Waals surface area contributed by atoms with Crippen LogP contribution in [-0.2, 0) is 9.47 Å². The molecule has 1 fully saturated rings. The lowest BCUT2D eigenvalue weighted by Crippen LogP contribution is -2.40. The minimum atomic E-state index is 0.711. The Morgan fingerprint density at radius 3 is 2.73 bits per heavy atom. The predicted molar refractivity (Wildman–Crippen MR) is 92.5 cm³/mol. The zero-order valence-corrected chi connectivity index (χ0v) is 14.8. The molecule has 0 bridgehead atoms. The molecule has 0 aromatic carbocycles. The summed E-state index contributed by atoms with van der Waals surface area (Å²) in [5.74, 6) is 1.80. The molecule has 1 N–H and O–H groups in total. The van der Waals surface area contributed by atoms with Gasteiger partial charge in [0.1, 0.15) is 0 Å². The predicted octanol–water partition coefficient (Wildman–Crippen LogP) is 2.52. The number of hydrogen-bond donors (Lipinski definition) is 1. The van der Waals surface area contributed by atoms with Crippen LogP contribution < -0.4 is 5.32 Å². The number of aliphatic imine (C=N–C) groups is 1. The van der Waals surface area contributed by atoms with Crippen molar-refractivity contribution in [3.8, 4) is 0 Å². The van der Waals surface area contributed by atoms with Crippen LogP contribution in [0.1, 0.15) is 46.0 Å². The molecule has 1 aliphatic heterocycles. The lowest BCUT2D eigenvalue weighted by atomic mass is 9.96. The van der Waals surface area contributed by atoms with Crippen LogP contribution in [-0.4, -0.2) is 64.0 Å². The third kappa shape index (κ3) is 8.59. The van der Waals surface area contributed by atoms with Gasteiger partial charge in [0.15, 0.2) is 5.96 Å². The Morgan fingerprint density at radius 1 is 1.27 bits per heavy atom. The summed E-state index contributed by atoms with van der Waals surface area (Å²) in [6.07, 6.45) is 5.94. The fraction of sp³-hybridized carbons (Fsp3) is 0.941. The van der Waals surface area contributed by atoms with Gasteiger partial charge in [-0.3, -0.25) is 4.99 Å². The molecule has 130 valence electrons. The van der Waals surface area contributed by atoms with Gasteiger partial charge < -0.3 is 19.7 Å². The van der Waals surface area contributed by atoms with Crippen LogP contribution in [0.3, 0.4) is 0 Å². The van der Waals surface area contributed by atoms with Gasteiger partial charge in [-0.25, -0.2) is 0 Å². The monoisotopic (exact) mass is 313 g/mol. The van der Waals surface area contributed by atoms with Gasteiger partial charge in [0.25, 0.3) is 0 Å². The Kier molecular flexibility index (Phi) is 11.1.